The molecule has 0 radical (unpaired) electrons. The van der Waals surface area contributed by atoms with Gasteiger partial charge in [-0.3, -0.25) is 4.79 Å². The van der Waals surface area contributed by atoms with Gasteiger partial charge in [0.25, 0.3) is 0 Å². The van der Waals surface area contributed by atoms with Crippen LogP contribution in [0.1, 0.15) is 27.2 Å². The van der Waals surface area contributed by atoms with Crippen LogP contribution in [0, 0.1) is 0 Å². The van der Waals surface area contributed by atoms with Gasteiger partial charge in [-0.25, -0.2) is 0 Å². The monoisotopic (exact) mass is 394 g/mol. The molecule has 0 atom stereocenters. The van der Waals surface area contributed by atoms with E-state index in [-0.39, 0.29) is 11.9 Å². The van der Waals surface area contributed by atoms with Gasteiger partial charge in [-0.05, 0) is 39.3 Å². The van der Waals surface area contributed by atoms with E-state index in [4.69, 9.17) is 4.74 Å². The van der Waals surface area contributed by atoms with Crippen LogP contribution in [0.5, 0.6) is 0 Å². The Kier molecular flexibility index (Phi) is 8.87. The molecule has 0 unspecified atom stereocenters. The SMILES string of the molecule is CCOCCCNc1nnc(SCC(=O)N(c2ccccc2)C(C)C)s1. The molecule has 0 saturated carbocycles. The topological polar surface area (TPSA) is 67.3 Å². The number of benzene rings is 1. The molecule has 1 aromatic carbocycles. The van der Waals surface area contributed by atoms with E-state index in [1.807, 2.05) is 56.0 Å². The molecule has 1 amide bonds. The second-order valence-corrected chi connectivity index (χ2v) is 8.03. The number of nitrogens with one attached hydrogen (secondary N) is 1. The highest BCUT2D eigenvalue weighted by Crippen LogP contribution is 2.27. The lowest BCUT2D eigenvalue weighted by Crippen LogP contribution is -2.38. The van der Waals surface area contributed by atoms with Crippen molar-refractivity contribution in [3.63, 3.8) is 0 Å². The predicted octanol–water partition coefficient (Wildman–Crippen LogP) is 3.91. The molecular weight excluding hydrogens is 368 g/mol. The highest BCUT2D eigenvalue weighted by atomic mass is 32.2. The fourth-order valence-electron chi connectivity index (χ4n) is 2.37. The molecular formula is C18H26N4O2S2. The lowest BCUT2D eigenvalue weighted by Gasteiger charge is -2.26. The molecule has 0 aliphatic rings. The number of para-hydroxylation sites is 1. The second-order valence-electron chi connectivity index (χ2n) is 5.83. The lowest BCUT2D eigenvalue weighted by atomic mass is 10.2. The van der Waals surface area contributed by atoms with Crippen molar-refractivity contribution in [2.45, 2.75) is 37.6 Å². The third-order valence-corrected chi connectivity index (χ3v) is 5.49. The molecule has 8 heteroatoms. The van der Waals surface area contributed by atoms with Crippen molar-refractivity contribution in [3.05, 3.63) is 30.3 Å². The average Bonchev–Trinajstić information content (AvgIpc) is 3.08. The summed E-state index contributed by atoms with van der Waals surface area (Å²) in [5.74, 6) is 0.407. The highest BCUT2D eigenvalue weighted by Gasteiger charge is 2.19. The summed E-state index contributed by atoms with van der Waals surface area (Å²) < 4.78 is 6.09. The van der Waals surface area contributed by atoms with E-state index in [0.29, 0.717) is 5.75 Å². The van der Waals surface area contributed by atoms with Gasteiger partial charge in [0.2, 0.25) is 11.0 Å². The smallest absolute Gasteiger partial charge is 0.237 e. The van der Waals surface area contributed by atoms with Gasteiger partial charge in [-0.15, -0.1) is 10.2 Å². The number of thioether (sulfide) groups is 1. The van der Waals surface area contributed by atoms with Gasteiger partial charge in [0.05, 0.1) is 5.75 Å². The summed E-state index contributed by atoms with van der Waals surface area (Å²) >= 11 is 2.90. The van der Waals surface area contributed by atoms with Crippen molar-refractivity contribution in [2.24, 2.45) is 0 Å². The fourth-order valence-corrected chi connectivity index (χ4v) is 4.00. The molecule has 0 spiro atoms. The number of hydrogen-bond donors (Lipinski definition) is 1. The van der Waals surface area contributed by atoms with E-state index >= 15 is 0 Å². The molecule has 6 nitrogen and oxygen atoms in total. The lowest BCUT2D eigenvalue weighted by molar-refractivity contribution is -0.116. The van der Waals surface area contributed by atoms with Gasteiger partial charge >= 0.3 is 0 Å². The van der Waals surface area contributed by atoms with Crippen molar-refractivity contribution in [2.75, 3.05) is 35.7 Å². The zero-order valence-electron chi connectivity index (χ0n) is 15.5. The molecule has 0 fully saturated rings. The Morgan fingerprint density at radius 3 is 2.77 bits per heavy atom. The predicted molar refractivity (Wildman–Crippen MR) is 109 cm³/mol. The summed E-state index contributed by atoms with van der Waals surface area (Å²) in [6.45, 7) is 8.30. The minimum absolute atomic E-state index is 0.0672. The number of carbonyl (C=O) groups is 1. The van der Waals surface area contributed by atoms with E-state index in [2.05, 4.69) is 15.5 Å². The first-order chi connectivity index (χ1) is 12.6. The summed E-state index contributed by atoms with van der Waals surface area (Å²) in [7, 11) is 0. The molecule has 142 valence electrons. The van der Waals surface area contributed by atoms with Crippen LogP contribution in [0.15, 0.2) is 34.7 Å². The number of anilines is 2. The van der Waals surface area contributed by atoms with E-state index in [1.54, 1.807) is 0 Å². The number of ether oxygens (including phenoxy) is 1. The summed E-state index contributed by atoms with van der Waals surface area (Å²) in [6.07, 6.45) is 0.925. The third-order valence-electron chi connectivity index (χ3n) is 3.49. The van der Waals surface area contributed by atoms with Crippen LogP contribution in [0.4, 0.5) is 10.8 Å². The Bertz CT molecular complexity index is 664. The first-order valence-corrected chi connectivity index (χ1v) is 10.6. The molecule has 0 aliphatic carbocycles. The Morgan fingerprint density at radius 2 is 2.08 bits per heavy atom. The number of rotatable bonds is 11. The Balaban J connectivity index is 1.83. The van der Waals surface area contributed by atoms with Crippen LogP contribution in [-0.4, -0.2) is 47.7 Å². The standard InChI is InChI=1S/C18H26N4O2S2/c1-4-24-12-8-11-19-17-20-21-18(26-17)25-13-16(23)22(14(2)3)15-9-6-5-7-10-15/h5-7,9-10,14H,4,8,11-13H2,1-3H3,(H,19,20). The first-order valence-electron chi connectivity index (χ1n) is 8.76. The van der Waals surface area contributed by atoms with Crippen molar-refractivity contribution < 1.29 is 9.53 Å². The van der Waals surface area contributed by atoms with Gasteiger partial charge < -0.3 is 15.0 Å². The Morgan fingerprint density at radius 1 is 1.31 bits per heavy atom. The zero-order valence-corrected chi connectivity index (χ0v) is 17.1. The Labute approximate surface area is 163 Å². The summed E-state index contributed by atoms with van der Waals surface area (Å²) in [6, 6.07) is 9.85. The van der Waals surface area contributed by atoms with Gasteiger partial charge in [-0.1, -0.05) is 41.3 Å². The maximum Gasteiger partial charge on any atom is 0.237 e. The largest absolute Gasteiger partial charge is 0.382 e. The fraction of sp³-hybridized carbons (Fsp3) is 0.500. The summed E-state index contributed by atoms with van der Waals surface area (Å²) in [4.78, 5) is 14.5. The molecule has 0 aliphatic heterocycles. The van der Waals surface area contributed by atoms with E-state index < -0.39 is 0 Å². The second kappa shape index (κ2) is 11.2. The van der Waals surface area contributed by atoms with Gasteiger partial charge in [0.1, 0.15) is 0 Å². The van der Waals surface area contributed by atoms with E-state index in [1.165, 1.54) is 23.1 Å². The Hall–Kier alpha value is -1.64. The van der Waals surface area contributed by atoms with E-state index in [0.717, 1.165) is 41.3 Å². The van der Waals surface area contributed by atoms with Gasteiger partial charge in [-0.2, -0.15) is 0 Å². The molecule has 26 heavy (non-hydrogen) atoms. The number of amides is 1. The van der Waals surface area contributed by atoms with Gasteiger partial charge in [0.15, 0.2) is 4.34 Å². The van der Waals surface area contributed by atoms with Crippen molar-refractivity contribution in [1.82, 2.24) is 10.2 Å². The number of hydrogen-bond acceptors (Lipinski definition) is 7. The van der Waals surface area contributed by atoms with Gasteiger partial charge in [0, 0.05) is 31.5 Å². The van der Waals surface area contributed by atoms with Crippen LogP contribution in [-0.2, 0) is 9.53 Å². The minimum atomic E-state index is 0.0672. The van der Waals surface area contributed by atoms with E-state index in [9.17, 15) is 4.79 Å². The number of carbonyl (C=O) groups excluding carboxylic acids is 1. The first kappa shape index (κ1) is 20.7. The maximum absolute atomic E-state index is 12.7. The minimum Gasteiger partial charge on any atom is -0.382 e. The molecule has 2 rings (SSSR count). The molecule has 0 bridgehead atoms. The molecule has 0 saturated heterocycles. The number of nitrogens with zero attached hydrogens (tertiary/aromatic N) is 3. The third kappa shape index (κ3) is 6.59. The quantitative estimate of drug-likeness (QED) is 0.460. The van der Waals surface area contributed by atoms with Crippen molar-refractivity contribution in [1.29, 1.82) is 0 Å². The molecule has 1 aromatic heterocycles. The van der Waals surface area contributed by atoms with Crippen LogP contribution in [0.2, 0.25) is 0 Å². The van der Waals surface area contributed by atoms with Crippen LogP contribution >= 0.6 is 23.1 Å². The van der Waals surface area contributed by atoms with Crippen molar-refractivity contribution in [3.8, 4) is 0 Å². The normalized spacial score (nSPS) is 10.9. The number of aromatic nitrogens is 2. The molecule has 1 heterocycles. The highest BCUT2D eigenvalue weighted by molar-refractivity contribution is 8.01. The zero-order chi connectivity index (χ0) is 18.8. The molecule has 1 N–H and O–H groups in total. The average molecular weight is 395 g/mol. The summed E-state index contributed by atoms with van der Waals surface area (Å²) in [5.41, 5.74) is 0.919. The van der Waals surface area contributed by atoms with Crippen LogP contribution in [0.25, 0.3) is 0 Å². The van der Waals surface area contributed by atoms with Crippen LogP contribution < -0.4 is 10.2 Å². The molecule has 2 aromatic rings. The van der Waals surface area contributed by atoms with Crippen LogP contribution in [0.3, 0.4) is 0 Å². The van der Waals surface area contributed by atoms with Crippen molar-refractivity contribution >= 4 is 39.8 Å². The summed E-state index contributed by atoms with van der Waals surface area (Å²) in [5, 5.41) is 12.3. The maximum atomic E-state index is 12.7.